The monoisotopic (exact) mass is 324 g/mol. The summed E-state index contributed by atoms with van der Waals surface area (Å²) in [6.07, 6.45) is 2.00. The van der Waals surface area contributed by atoms with Gasteiger partial charge in [0.05, 0.1) is 11.2 Å². The minimum absolute atomic E-state index is 0.236. The van der Waals surface area contributed by atoms with E-state index in [-0.39, 0.29) is 12.0 Å². The van der Waals surface area contributed by atoms with Crippen molar-refractivity contribution in [3.05, 3.63) is 17.5 Å². The topological polar surface area (TPSA) is 108 Å². The van der Waals surface area contributed by atoms with Crippen molar-refractivity contribution in [3.8, 4) is 0 Å². The Bertz CT molecular complexity index is 576. The molecular formula is C15H24N4O4. The predicted molar refractivity (Wildman–Crippen MR) is 82.3 cm³/mol. The van der Waals surface area contributed by atoms with Crippen molar-refractivity contribution >= 4 is 12.0 Å². The largest absolute Gasteiger partial charge is 0.465 e. The Hall–Kier alpha value is -2.09. The van der Waals surface area contributed by atoms with Gasteiger partial charge >= 0.3 is 6.09 Å². The molecule has 0 spiro atoms. The molecule has 1 aliphatic heterocycles. The number of carboxylic acid groups (broad SMARTS) is 1. The van der Waals surface area contributed by atoms with E-state index < -0.39 is 12.0 Å². The summed E-state index contributed by atoms with van der Waals surface area (Å²) in [7, 11) is 0. The number of nitrogens with one attached hydrogen (secondary N) is 1. The predicted octanol–water partition coefficient (Wildman–Crippen LogP) is 1.64. The Balaban J connectivity index is 2.17. The average Bonchev–Trinajstić information content (AvgIpc) is 2.86. The summed E-state index contributed by atoms with van der Waals surface area (Å²) >= 11 is 0. The molecular weight excluding hydrogens is 300 g/mol. The summed E-state index contributed by atoms with van der Waals surface area (Å²) in [5.41, 5.74) is 3.33. The first-order chi connectivity index (χ1) is 10.9. The van der Waals surface area contributed by atoms with Crippen LogP contribution in [0.3, 0.4) is 0 Å². The zero-order valence-corrected chi connectivity index (χ0v) is 13.6. The van der Waals surface area contributed by atoms with Crippen molar-refractivity contribution < 1.29 is 19.9 Å². The van der Waals surface area contributed by atoms with E-state index in [1.54, 1.807) is 5.48 Å². The number of hydroxylamine groups is 1. The highest BCUT2D eigenvalue weighted by Crippen LogP contribution is 2.36. The zero-order chi connectivity index (χ0) is 17.0. The Labute approximate surface area is 135 Å². The van der Waals surface area contributed by atoms with Gasteiger partial charge in [0.25, 0.3) is 0 Å². The molecule has 8 nitrogen and oxygen atoms in total. The Kier molecular flexibility index (Phi) is 5.25. The Morgan fingerprint density at radius 3 is 2.48 bits per heavy atom. The molecule has 0 aliphatic carbocycles. The smallest absolute Gasteiger partial charge is 0.407 e. The van der Waals surface area contributed by atoms with E-state index in [0.717, 1.165) is 17.8 Å². The Morgan fingerprint density at radius 1 is 1.35 bits per heavy atom. The molecule has 2 rings (SSSR count). The van der Waals surface area contributed by atoms with Gasteiger partial charge in [0.1, 0.15) is 0 Å². The second-order valence-electron chi connectivity index (χ2n) is 6.22. The van der Waals surface area contributed by atoms with Gasteiger partial charge in [-0.25, -0.2) is 10.3 Å². The summed E-state index contributed by atoms with van der Waals surface area (Å²) in [5.74, 6) is -0.406. The highest BCUT2D eigenvalue weighted by Gasteiger charge is 2.38. The molecule has 23 heavy (non-hydrogen) atoms. The molecule has 1 fully saturated rings. The molecule has 0 unspecified atom stereocenters. The summed E-state index contributed by atoms with van der Waals surface area (Å²) in [4.78, 5) is 23.8. The first-order valence-electron chi connectivity index (χ1n) is 7.82. The molecule has 1 aromatic heterocycles. The normalized spacial score (nSPS) is 17.1. The lowest BCUT2D eigenvalue weighted by Crippen LogP contribution is -2.48. The number of carbonyl (C=O) groups excluding carboxylic acids is 1. The van der Waals surface area contributed by atoms with Crippen molar-refractivity contribution in [2.75, 3.05) is 13.1 Å². The summed E-state index contributed by atoms with van der Waals surface area (Å²) in [6.45, 7) is 4.84. The summed E-state index contributed by atoms with van der Waals surface area (Å²) in [6, 6.07) is 2.01. The number of aryl methyl sites for hydroxylation is 2. The number of aromatic nitrogens is 2. The van der Waals surface area contributed by atoms with Crippen LogP contribution in [-0.2, 0) is 10.3 Å². The van der Waals surface area contributed by atoms with Gasteiger partial charge in [-0.2, -0.15) is 5.10 Å². The fourth-order valence-corrected chi connectivity index (χ4v) is 3.42. The number of hydrogen-bond donors (Lipinski definition) is 3. The number of likely N-dealkylation sites (tertiary alicyclic amines) is 1. The van der Waals surface area contributed by atoms with E-state index in [0.29, 0.717) is 32.4 Å². The first-order valence-corrected chi connectivity index (χ1v) is 7.82. The van der Waals surface area contributed by atoms with Gasteiger partial charge in [0.2, 0.25) is 5.91 Å². The van der Waals surface area contributed by atoms with Gasteiger partial charge < -0.3 is 10.0 Å². The maximum Gasteiger partial charge on any atom is 0.407 e. The number of amides is 2. The van der Waals surface area contributed by atoms with Crippen LogP contribution < -0.4 is 5.48 Å². The third-order valence-corrected chi connectivity index (χ3v) is 4.59. The lowest BCUT2D eigenvalue weighted by Gasteiger charge is -2.42. The van der Waals surface area contributed by atoms with E-state index >= 15 is 0 Å². The lowest BCUT2D eigenvalue weighted by molar-refractivity contribution is -0.129. The fourth-order valence-electron chi connectivity index (χ4n) is 3.42. The van der Waals surface area contributed by atoms with Gasteiger partial charge in [0, 0.05) is 25.2 Å². The molecule has 1 saturated heterocycles. The maximum atomic E-state index is 11.2. The second kappa shape index (κ2) is 6.99. The van der Waals surface area contributed by atoms with Crippen LogP contribution in [-0.4, -0.2) is 50.1 Å². The van der Waals surface area contributed by atoms with Gasteiger partial charge in [-0.1, -0.05) is 0 Å². The van der Waals surface area contributed by atoms with Gasteiger partial charge in [-0.15, -0.1) is 0 Å². The van der Waals surface area contributed by atoms with Crippen LogP contribution in [0, 0.1) is 13.8 Å². The molecule has 0 atom stereocenters. The molecule has 3 N–H and O–H groups in total. The second-order valence-corrected chi connectivity index (χ2v) is 6.22. The lowest BCUT2D eigenvalue weighted by atomic mass is 9.82. The standard InChI is InChI=1S/C15H24N4O4/c1-11-10-12(2)19(16-11)15(5-3-4-13(20)17-23)6-8-18(9-7-15)14(21)22/h10,23H,3-9H2,1-2H3,(H,17,20)(H,21,22). The van der Waals surface area contributed by atoms with Crippen LogP contribution in [0.5, 0.6) is 0 Å². The quantitative estimate of drug-likeness (QED) is 0.564. The number of nitrogens with zero attached hydrogens (tertiary/aromatic N) is 3. The molecule has 0 radical (unpaired) electrons. The molecule has 2 heterocycles. The van der Waals surface area contributed by atoms with Crippen LogP contribution in [0.25, 0.3) is 0 Å². The number of rotatable bonds is 5. The molecule has 8 heteroatoms. The van der Waals surface area contributed by atoms with Crippen LogP contribution in [0.1, 0.15) is 43.5 Å². The average molecular weight is 324 g/mol. The highest BCUT2D eigenvalue weighted by atomic mass is 16.5. The van der Waals surface area contributed by atoms with Crippen molar-refractivity contribution in [2.24, 2.45) is 0 Å². The number of piperidine rings is 1. The molecule has 1 aliphatic rings. The van der Waals surface area contributed by atoms with E-state index in [1.165, 1.54) is 4.90 Å². The van der Waals surface area contributed by atoms with Crippen LogP contribution >= 0.6 is 0 Å². The summed E-state index contributed by atoms with van der Waals surface area (Å²) < 4.78 is 2.00. The molecule has 2 amide bonds. The minimum Gasteiger partial charge on any atom is -0.465 e. The third kappa shape index (κ3) is 3.82. The third-order valence-electron chi connectivity index (χ3n) is 4.59. The van der Waals surface area contributed by atoms with Gasteiger partial charge in [-0.05, 0) is 45.6 Å². The van der Waals surface area contributed by atoms with E-state index in [1.807, 2.05) is 24.6 Å². The van der Waals surface area contributed by atoms with Crippen molar-refractivity contribution in [1.82, 2.24) is 20.2 Å². The van der Waals surface area contributed by atoms with Gasteiger partial charge in [0.15, 0.2) is 0 Å². The summed E-state index contributed by atoms with van der Waals surface area (Å²) in [5, 5.41) is 22.3. The van der Waals surface area contributed by atoms with Crippen molar-refractivity contribution in [1.29, 1.82) is 0 Å². The maximum absolute atomic E-state index is 11.2. The molecule has 0 bridgehead atoms. The number of hydrogen-bond acceptors (Lipinski definition) is 4. The van der Waals surface area contributed by atoms with Crippen molar-refractivity contribution in [2.45, 2.75) is 51.5 Å². The van der Waals surface area contributed by atoms with Crippen LogP contribution in [0.4, 0.5) is 4.79 Å². The Morgan fingerprint density at radius 2 is 2.00 bits per heavy atom. The molecule has 0 aromatic carbocycles. The fraction of sp³-hybridized carbons (Fsp3) is 0.667. The van der Waals surface area contributed by atoms with Crippen LogP contribution in [0.15, 0.2) is 6.07 Å². The molecule has 0 saturated carbocycles. The highest BCUT2D eigenvalue weighted by molar-refractivity contribution is 5.74. The SMILES string of the molecule is Cc1cc(C)n(C2(CCCC(=O)NO)CCN(C(=O)O)CC2)n1. The number of carbonyl (C=O) groups is 2. The zero-order valence-electron chi connectivity index (χ0n) is 13.6. The minimum atomic E-state index is -0.897. The van der Waals surface area contributed by atoms with Crippen molar-refractivity contribution in [3.63, 3.8) is 0 Å². The van der Waals surface area contributed by atoms with E-state index in [9.17, 15) is 9.59 Å². The first kappa shape index (κ1) is 17.3. The molecule has 1 aromatic rings. The van der Waals surface area contributed by atoms with E-state index in [4.69, 9.17) is 10.3 Å². The molecule has 128 valence electrons. The van der Waals surface area contributed by atoms with E-state index in [2.05, 4.69) is 5.10 Å². The van der Waals surface area contributed by atoms with Crippen LogP contribution in [0.2, 0.25) is 0 Å². The van der Waals surface area contributed by atoms with Gasteiger partial charge in [-0.3, -0.25) is 14.7 Å².